The minimum atomic E-state index is -3.91. The van der Waals surface area contributed by atoms with Gasteiger partial charge in [-0.2, -0.15) is 4.72 Å². The number of aryl methyl sites for hydroxylation is 2. The Labute approximate surface area is 178 Å². The molecule has 0 spiro atoms. The van der Waals surface area contributed by atoms with E-state index < -0.39 is 32.0 Å². The normalized spacial score (nSPS) is 13.1. The van der Waals surface area contributed by atoms with Crippen molar-refractivity contribution in [3.63, 3.8) is 0 Å². The van der Waals surface area contributed by atoms with Gasteiger partial charge in [-0.05, 0) is 74.6 Å². The molecule has 0 saturated carbocycles. The van der Waals surface area contributed by atoms with Crippen molar-refractivity contribution in [2.45, 2.75) is 57.0 Å². The van der Waals surface area contributed by atoms with E-state index in [4.69, 9.17) is 5.14 Å². The summed E-state index contributed by atoms with van der Waals surface area (Å²) in [5, 5.41) is 7.69. The van der Waals surface area contributed by atoms with Gasteiger partial charge in [0.25, 0.3) is 0 Å². The third kappa shape index (κ3) is 5.45. The molecule has 2 aromatic carbocycles. The van der Waals surface area contributed by atoms with E-state index in [9.17, 15) is 21.6 Å². The second-order valence-electron chi connectivity index (χ2n) is 7.34. The van der Waals surface area contributed by atoms with Crippen molar-refractivity contribution in [3.05, 3.63) is 58.1 Å². The predicted molar refractivity (Wildman–Crippen MR) is 115 cm³/mol. The van der Waals surface area contributed by atoms with Crippen LogP contribution in [0.3, 0.4) is 0 Å². The first-order chi connectivity index (χ1) is 13.7. The topological polar surface area (TPSA) is 135 Å². The highest BCUT2D eigenvalue weighted by Crippen LogP contribution is 2.26. The Morgan fingerprint density at radius 3 is 1.93 bits per heavy atom. The van der Waals surface area contributed by atoms with Crippen LogP contribution in [0.5, 0.6) is 0 Å². The van der Waals surface area contributed by atoms with Crippen molar-refractivity contribution >= 4 is 26.0 Å². The lowest BCUT2D eigenvalue weighted by Gasteiger charge is -2.19. The van der Waals surface area contributed by atoms with Crippen LogP contribution in [-0.2, 0) is 31.4 Å². The largest absolute Gasteiger partial charge is 0.351 e. The molecule has 164 valence electrons. The molecule has 30 heavy (non-hydrogen) atoms. The molecular formula is C20H27N3O5S2. The summed E-state index contributed by atoms with van der Waals surface area (Å²) < 4.78 is 50.9. The zero-order valence-corrected chi connectivity index (χ0v) is 19.2. The number of benzene rings is 2. The van der Waals surface area contributed by atoms with Gasteiger partial charge < -0.3 is 5.32 Å². The molecule has 1 amide bonds. The van der Waals surface area contributed by atoms with Crippen molar-refractivity contribution in [3.8, 4) is 0 Å². The molecule has 0 unspecified atom stereocenters. The molecule has 0 radical (unpaired) electrons. The first-order valence-electron chi connectivity index (χ1n) is 9.23. The van der Waals surface area contributed by atoms with Crippen LogP contribution in [-0.4, -0.2) is 28.8 Å². The molecule has 0 heterocycles. The minimum Gasteiger partial charge on any atom is -0.351 e. The number of primary sulfonamides is 1. The summed E-state index contributed by atoms with van der Waals surface area (Å²) in [6.07, 6.45) is 0. The van der Waals surface area contributed by atoms with Gasteiger partial charge in [0.15, 0.2) is 0 Å². The number of carbonyl (C=O) groups excluding carboxylic acids is 1. The Kier molecular flexibility index (Phi) is 7.08. The van der Waals surface area contributed by atoms with Crippen LogP contribution in [0.25, 0.3) is 0 Å². The second-order valence-corrected chi connectivity index (χ2v) is 10.6. The van der Waals surface area contributed by atoms with E-state index in [1.807, 2.05) is 19.9 Å². The average molecular weight is 454 g/mol. The average Bonchev–Trinajstić information content (AvgIpc) is 2.63. The minimum absolute atomic E-state index is 0.0297. The Balaban J connectivity index is 2.10. The number of nitrogens with one attached hydrogen (secondary N) is 2. The van der Waals surface area contributed by atoms with Gasteiger partial charge in [0.2, 0.25) is 26.0 Å². The van der Waals surface area contributed by atoms with Crippen molar-refractivity contribution in [2.24, 2.45) is 5.14 Å². The van der Waals surface area contributed by atoms with E-state index in [0.29, 0.717) is 16.7 Å². The number of hydrogen-bond acceptors (Lipinski definition) is 5. The lowest BCUT2D eigenvalue weighted by atomic mass is 10.0. The van der Waals surface area contributed by atoms with Crippen LogP contribution in [0.15, 0.2) is 40.1 Å². The third-order valence-corrected chi connectivity index (χ3v) is 7.75. The SMILES string of the molecule is Cc1cc(C)c(C)c(S(=O)(=O)N[C@@H](C)C(=O)NCc2ccc(S(N)(=O)=O)cc2)c1C. The molecule has 0 aliphatic rings. The molecule has 0 aromatic heterocycles. The fourth-order valence-corrected chi connectivity index (χ4v) is 5.40. The molecule has 0 saturated heterocycles. The van der Waals surface area contributed by atoms with Crippen LogP contribution in [0, 0.1) is 27.7 Å². The van der Waals surface area contributed by atoms with E-state index in [1.165, 1.54) is 31.2 Å². The number of hydrogen-bond donors (Lipinski definition) is 3. The number of nitrogens with two attached hydrogens (primary N) is 1. The predicted octanol–water partition coefficient (Wildman–Crippen LogP) is 1.55. The lowest BCUT2D eigenvalue weighted by molar-refractivity contribution is -0.122. The van der Waals surface area contributed by atoms with Crippen molar-refractivity contribution in [1.29, 1.82) is 0 Å². The number of rotatable bonds is 7. The highest BCUT2D eigenvalue weighted by Gasteiger charge is 2.26. The molecule has 2 rings (SSSR count). The standard InChI is InChI=1S/C20H27N3O5S2/c1-12-10-13(2)15(4)19(14(12)3)30(27,28)23-16(5)20(24)22-11-17-6-8-18(9-7-17)29(21,25)26/h6-10,16,23H,11H2,1-5H3,(H,22,24)(H2,21,25,26)/t16-/m0/s1. The molecule has 0 bridgehead atoms. The highest BCUT2D eigenvalue weighted by molar-refractivity contribution is 7.89. The van der Waals surface area contributed by atoms with Crippen LogP contribution < -0.4 is 15.2 Å². The third-order valence-electron chi connectivity index (χ3n) is 5.01. The monoisotopic (exact) mass is 453 g/mol. The van der Waals surface area contributed by atoms with Crippen molar-refractivity contribution < 1.29 is 21.6 Å². The van der Waals surface area contributed by atoms with Crippen LogP contribution in [0.1, 0.15) is 34.7 Å². The Bertz CT molecular complexity index is 1150. The number of carbonyl (C=O) groups is 1. The Morgan fingerprint density at radius 1 is 0.967 bits per heavy atom. The Hall–Kier alpha value is -2.27. The van der Waals surface area contributed by atoms with Crippen molar-refractivity contribution in [1.82, 2.24) is 10.0 Å². The maximum atomic E-state index is 12.9. The van der Waals surface area contributed by atoms with E-state index in [-0.39, 0.29) is 16.3 Å². The smallest absolute Gasteiger partial charge is 0.241 e. The van der Waals surface area contributed by atoms with E-state index in [2.05, 4.69) is 10.0 Å². The summed E-state index contributed by atoms with van der Waals surface area (Å²) in [6.45, 7) is 8.75. The van der Waals surface area contributed by atoms with Gasteiger partial charge in [0.1, 0.15) is 0 Å². The summed E-state index contributed by atoms with van der Waals surface area (Å²) >= 11 is 0. The molecule has 0 aliphatic heterocycles. The van der Waals surface area contributed by atoms with Gasteiger partial charge in [-0.15, -0.1) is 0 Å². The molecule has 0 fully saturated rings. The van der Waals surface area contributed by atoms with E-state index in [1.54, 1.807) is 13.8 Å². The highest BCUT2D eigenvalue weighted by atomic mass is 32.2. The van der Waals surface area contributed by atoms with Crippen LogP contribution in [0.4, 0.5) is 0 Å². The molecule has 1 atom stereocenters. The number of sulfonamides is 2. The molecule has 0 aliphatic carbocycles. The first-order valence-corrected chi connectivity index (χ1v) is 12.3. The summed E-state index contributed by atoms with van der Waals surface area (Å²) in [7, 11) is -7.70. The van der Waals surface area contributed by atoms with Crippen LogP contribution in [0.2, 0.25) is 0 Å². The molecular weight excluding hydrogens is 426 g/mol. The second kappa shape index (κ2) is 8.84. The maximum Gasteiger partial charge on any atom is 0.241 e. The van der Waals surface area contributed by atoms with Crippen molar-refractivity contribution in [2.75, 3.05) is 0 Å². The summed E-state index contributed by atoms with van der Waals surface area (Å²) in [5.74, 6) is -0.506. The summed E-state index contributed by atoms with van der Waals surface area (Å²) in [4.78, 5) is 12.6. The fourth-order valence-electron chi connectivity index (χ4n) is 3.07. The lowest BCUT2D eigenvalue weighted by Crippen LogP contribution is -2.44. The molecule has 4 N–H and O–H groups in total. The van der Waals surface area contributed by atoms with Gasteiger partial charge in [-0.25, -0.2) is 22.0 Å². The van der Waals surface area contributed by atoms with Crippen LogP contribution >= 0.6 is 0 Å². The zero-order chi connectivity index (χ0) is 22.9. The first kappa shape index (κ1) is 24.0. The molecule has 10 heteroatoms. The molecule has 8 nitrogen and oxygen atoms in total. The fraction of sp³-hybridized carbons (Fsp3) is 0.350. The maximum absolute atomic E-state index is 12.9. The van der Waals surface area contributed by atoms with Gasteiger partial charge in [-0.3, -0.25) is 4.79 Å². The quantitative estimate of drug-likeness (QED) is 0.584. The van der Waals surface area contributed by atoms with Gasteiger partial charge in [0, 0.05) is 6.54 Å². The number of amides is 1. The zero-order valence-electron chi connectivity index (χ0n) is 17.6. The van der Waals surface area contributed by atoms with Gasteiger partial charge in [0.05, 0.1) is 15.8 Å². The molecule has 2 aromatic rings. The van der Waals surface area contributed by atoms with E-state index in [0.717, 1.165) is 11.1 Å². The Morgan fingerprint density at radius 2 is 1.47 bits per heavy atom. The van der Waals surface area contributed by atoms with E-state index >= 15 is 0 Å². The van der Waals surface area contributed by atoms with Gasteiger partial charge in [-0.1, -0.05) is 18.2 Å². The summed E-state index contributed by atoms with van der Waals surface area (Å²) in [6, 6.07) is 6.66. The summed E-state index contributed by atoms with van der Waals surface area (Å²) in [5.41, 5.74) is 3.66. The van der Waals surface area contributed by atoms with Gasteiger partial charge >= 0.3 is 0 Å².